The fourth-order valence-electron chi connectivity index (χ4n) is 2.97. The molecule has 3 heteroatoms. The van der Waals surface area contributed by atoms with Crippen LogP contribution in [0.3, 0.4) is 0 Å². The van der Waals surface area contributed by atoms with E-state index in [2.05, 4.69) is 30.6 Å². The highest BCUT2D eigenvalue weighted by molar-refractivity contribution is 5.39. The second-order valence-corrected chi connectivity index (χ2v) is 5.83. The molecule has 0 aromatic heterocycles. The van der Waals surface area contributed by atoms with Crippen molar-refractivity contribution in [2.75, 3.05) is 26.3 Å². The summed E-state index contributed by atoms with van der Waals surface area (Å²) in [6.07, 6.45) is 2.61. The van der Waals surface area contributed by atoms with Gasteiger partial charge in [-0.1, -0.05) is 31.8 Å². The summed E-state index contributed by atoms with van der Waals surface area (Å²) in [5, 5.41) is 8.72. The molecule has 114 valence electrons. The number of nitrogens with zero attached hydrogens (tertiary/aromatic N) is 1. The van der Waals surface area contributed by atoms with Gasteiger partial charge in [0.1, 0.15) is 19.0 Å². The number of hydrogen-bond donors (Lipinski definition) is 1. The van der Waals surface area contributed by atoms with E-state index >= 15 is 0 Å². The number of benzene rings is 1. The first kappa shape index (κ1) is 15.9. The van der Waals surface area contributed by atoms with E-state index in [9.17, 15) is 0 Å². The van der Waals surface area contributed by atoms with E-state index in [0.29, 0.717) is 18.6 Å². The molecule has 1 unspecified atom stereocenters. The Morgan fingerprint density at radius 3 is 3.05 bits per heavy atom. The highest BCUT2D eigenvalue weighted by atomic mass is 16.5. The van der Waals surface area contributed by atoms with Gasteiger partial charge in [0.25, 0.3) is 0 Å². The Morgan fingerprint density at radius 1 is 1.43 bits per heavy atom. The van der Waals surface area contributed by atoms with Gasteiger partial charge in [0.05, 0.1) is 0 Å². The van der Waals surface area contributed by atoms with Crippen molar-refractivity contribution in [3.8, 4) is 17.6 Å². The first-order valence-electron chi connectivity index (χ1n) is 7.77. The molecule has 1 saturated heterocycles. The van der Waals surface area contributed by atoms with Crippen LogP contribution in [0.5, 0.6) is 5.75 Å². The van der Waals surface area contributed by atoms with Gasteiger partial charge in [0.2, 0.25) is 0 Å². The number of hydrogen-bond acceptors (Lipinski definition) is 3. The maximum atomic E-state index is 8.72. The number of aliphatic hydroxyl groups is 1. The van der Waals surface area contributed by atoms with Crippen molar-refractivity contribution in [3.05, 3.63) is 29.8 Å². The van der Waals surface area contributed by atoms with Gasteiger partial charge in [-0.3, -0.25) is 4.90 Å². The molecule has 1 fully saturated rings. The summed E-state index contributed by atoms with van der Waals surface area (Å²) in [7, 11) is 0. The highest BCUT2D eigenvalue weighted by Gasteiger charge is 2.26. The lowest BCUT2D eigenvalue weighted by atomic mass is 10.0. The second-order valence-electron chi connectivity index (χ2n) is 5.83. The number of ether oxygens (including phenoxy) is 1. The molecule has 1 heterocycles. The third kappa shape index (κ3) is 4.77. The van der Waals surface area contributed by atoms with Crippen LogP contribution in [0.4, 0.5) is 0 Å². The van der Waals surface area contributed by atoms with Crippen molar-refractivity contribution < 1.29 is 9.84 Å². The molecular formula is C18H25NO2. The lowest BCUT2D eigenvalue weighted by Crippen LogP contribution is -2.36. The molecule has 0 bridgehead atoms. The molecule has 1 aliphatic rings. The molecule has 1 N–H and O–H groups in total. The quantitative estimate of drug-likeness (QED) is 0.845. The van der Waals surface area contributed by atoms with Crippen molar-refractivity contribution >= 4 is 0 Å². The highest BCUT2D eigenvalue weighted by Crippen LogP contribution is 2.23. The average molecular weight is 287 g/mol. The summed E-state index contributed by atoms with van der Waals surface area (Å²) in [6, 6.07) is 8.44. The Kier molecular flexibility index (Phi) is 6.10. The van der Waals surface area contributed by atoms with Crippen LogP contribution in [0.1, 0.15) is 32.3 Å². The van der Waals surface area contributed by atoms with Gasteiger partial charge in [-0.15, -0.1) is 0 Å². The minimum atomic E-state index is -0.114. The van der Waals surface area contributed by atoms with Gasteiger partial charge in [-0.25, -0.2) is 0 Å². The van der Waals surface area contributed by atoms with Gasteiger partial charge in [-0.2, -0.15) is 0 Å². The zero-order valence-electron chi connectivity index (χ0n) is 13.0. The predicted octanol–water partition coefficient (Wildman–Crippen LogP) is 2.53. The number of aliphatic hydroxyl groups excluding tert-OH is 1. The van der Waals surface area contributed by atoms with Crippen LogP contribution < -0.4 is 4.74 Å². The van der Waals surface area contributed by atoms with E-state index < -0.39 is 0 Å². The molecule has 0 spiro atoms. The maximum Gasteiger partial charge on any atom is 0.120 e. The van der Waals surface area contributed by atoms with Crippen LogP contribution in [0.25, 0.3) is 0 Å². The van der Waals surface area contributed by atoms with Crippen LogP contribution in [0.2, 0.25) is 0 Å². The van der Waals surface area contributed by atoms with Crippen molar-refractivity contribution in [1.82, 2.24) is 4.90 Å². The van der Waals surface area contributed by atoms with Gasteiger partial charge < -0.3 is 9.84 Å². The molecular weight excluding hydrogens is 262 g/mol. The van der Waals surface area contributed by atoms with E-state index in [1.54, 1.807) is 0 Å². The molecule has 1 aliphatic heterocycles. The molecule has 1 aromatic rings. The molecule has 0 saturated carbocycles. The SMILES string of the molecule is CC(C)C1CCCN1CCOc1cccc(C#CCO)c1. The fraction of sp³-hybridized carbons (Fsp3) is 0.556. The van der Waals surface area contributed by atoms with E-state index in [1.165, 1.54) is 19.4 Å². The smallest absolute Gasteiger partial charge is 0.120 e. The summed E-state index contributed by atoms with van der Waals surface area (Å²) >= 11 is 0. The first-order valence-corrected chi connectivity index (χ1v) is 7.77. The van der Waals surface area contributed by atoms with Crippen LogP contribution in [0, 0.1) is 17.8 Å². The summed E-state index contributed by atoms with van der Waals surface area (Å²) in [5.41, 5.74) is 0.878. The molecule has 0 radical (unpaired) electrons. The van der Waals surface area contributed by atoms with Gasteiger partial charge in [0, 0.05) is 18.2 Å². The van der Waals surface area contributed by atoms with Gasteiger partial charge in [0.15, 0.2) is 0 Å². The van der Waals surface area contributed by atoms with E-state index in [0.717, 1.165) is 17.9 Å². The van der Waals surface area contributed by atoms with E-state index in [4.69, 9.17) is 9.84 Å². The number of rotatable bonds is 5. The molecule has 1 atom stereocenters. The molecule has 2 rings (SSSR count). The second kappa shape index (κ2) is 8.07. The maximum absolute atomic E-state index is 8.72. The fourth-order valence-corrected chi connectivity index (χ4v) is 2.97. The predicted molar refractivity (Wildman–Crippen MR) is 85.3 cm³/mol. The van der Waals surface area contributed by atoms with Gasteiger partial charge in [-0.05, 0) is 43.5 Å². The third-order valence-corrected chi connectivity index (χ3v) is 3.98. The van der Waals surface area contributed by atoms with Crippen molar-refractivity contribution in [1.29, 1.82) is 0 Å². The summed E-state index contributed by atoms with van der Waals surface area (Å²) < 4.78 is 5.84. The molecule has 0 aliphatic carbocycles. The normalized spacial score (nSPS) is 18.6. The van der Waals surface area contributed by atoms with Crippen molar-refractivity contribution in [2.45, 2.75) is 32.7 Å². The zero-order chi connectivity index (χ0) is 15.1. The topological polar surface area (TPSA) is 32.7 Å². The Morgan fingerprint density at radius 2 is 2.29 bits per heavy atom. The third-order valence-electron chi connectivity index (χ3n) is 3.98. The lowest BCUT2D eigenvalue weighted by molar-refractivity contribution is 0.168. The minimum absolute atomic E-state index is 0.114. The Bertz CT molecular complexity index is 501. The lowest BCUT2D eigenvalue weighted by Gasteiger charge is -2.27. The van der Waals surface area contributed by atoms with Crippen molar-refractivity contribution in [2.24, 2.45) is 5.92 Å². The van der Waals surface area contributed by atoms with E-state index in [-0.39, 0.29) is 6.61 Å². The summed E-state index contributed by atoms with van der Waals surface area (Å²) in [4.78, 5) is 2.54. The summed E-state index contributed by atoms with van der Waals surface area (Å²) in [6.45, 7) is 7.36. The standard InChI is InChI=1S/C18H25NO2/c1-15(2)18-9-4-10-19(18)11-13-21-17-8-3-6-16(14-17)7-5-12-20/h3,6,8,14-15,18,20H,4,9-13H2,1-2H3. The minimum Gasteiger partial charge on any atom is -0.492 e. The van der Waals surface area contributed by atoms with Crippen LogP contribution >= 0.6 is 0 Å². The molecule has 0 amide bonds. The Balaban J connectivity index is 1.83. The molecule has 3 nitrogen and oxygen atoms in total. The number of likely N-dealkylation sites (tertiary alicyclic amines) is 1. The summed E-state index contributed by atoms with van der Waals surface area (Å²) in [5.74, 6) is 7.11. The monoisotopic (exact) mass is 287 g/mol. The van der Waals surface area contributed by atoms with Crippen LogP contribution in [0.15, 0.2) is 24.3 Å². The van der Waals surface area contributed by atoms with Gasteiger partial charge >= 0.3 is 0 Å². The molecule has 1 aromatic carbocycles. The van der Waals surface area contributed by atoms with Crippen molar-refractivity contribution in [3.63, 3.8) is 0 Å². The van der Waals surface area contributed by atoms with E-state index in [1.807, 2.05) is 24.3 Å². The first-order chi connectivity index (χ1) is 10.2. The Hall–Kier alpha value is -1.50. The zero-order valence-corrected chi connectivity index (χ0v) is 13.0. The van der Waals surface area contributed by atoms with Crippen LogP contribution in [-0.2, 0) is 0 Å². The molecule has 21 heavy (non-hydrogen) atoms. The van der Waals surface area contributed by atoms with Crippen LogP contribution in [-0.4, -0.2) is 42.4 Å². The Labute approximate surface area is 127 Å². The largest absolute Gasteiger partial charge is 0.492 e. The average Bonchev–Trinajstić information content (AvgIpc) is 2.94.